The van der Waals surface area contributed by atoms with Crippen molar-refractivity contribution in [2.24, 2.45) is 0 Å². The summed E-state index contributed by atoms with van der Waals surface area (Å²) < 4.78 is 85.4. The van der Waals surface area contributed by atoms with Gasteiger partial charge in [-0.2, -0.15) is 13.2 Å². The fourth-order valence-corrected chi connectivity index (χ4v) is 5.72. The molecule has 1 aliphatic rings. The van der Waals surface area contributed by atoms with Gasteiger partial charge in [-0.1, -0.05) is 12.1 Å². The van der Waals surface area contributed by atoms with E-state index in [1.54, 1.807) is 27.7 Å². The number of ether oxygens (including phenoxy) is 1. The molecule has 2 aromatic carbocycles. The van der Waals surface area contributed by atoms with E-state index in [0.717, 1.165) is 12.1 Å². The number of alkyl halides is 3. The summed E-state index contributed by atoms with van der Waals surface area (Å²) in [7, 11) is -4.15. The van der Waals surface area contributed by atoms with E-state index in [0.29, 0.717) is 17.7 Å². The number of sulfonamides is 1. The summed E-state index contributed by atoms with van der Waals surface area (Å²) in [5, 5.41) is 5.51. The minimum atomic E-state index is -4.60. The van der Waals surface area contributed by atoms with E-state index in [9.17, 15) is 35.6 Å². The van der Waals surface area contributed by atoms with Gasteiger partial charge in [0.2, 0.25) is 15.9 Å². The zero-order valence-corrected chi connectivity index (χ0v) is 23.4. The van der Waals surface area contributed by atoms with E-state index in [1.807, 2.05) is 0 Å². The first-order valence-corrected chi connectivity index (χ1v) is 14.2. The van der Waals surface area contributed by atoms with Gasteiger partial charge in [0.25, 0.3) is 0 Å². The number of hydrogen-bond donors (Lipinski definition) is 3. The maximum atomic E-state index is 13.5. The van der Waals surface area contributed by atoms with E-state index in [4.69, 9.17) is 4.74 Å². The molecule has 0 saturated heterocycles. The third-order valence-corrected chi connectivity index (χ3v) is 8.08. The fraction of sp³-hybridized carbons (Fsp3) is 0.481. The summed E-state index contributed by atoms with van der Waals surface area (Å²) in [5.41, 5.74) is -2.59. The second-order valence-corrected chi connectivity index (χ2v) is 12.6. The van der Waals surface area contributed by atoms with Crippen molar-refractivity contribution in [1.82, 2.24) is 15.4 Å². The molecule has 2 aromatic rings. The highest BCUT2D eigenvalue weighted by Gasteiger charge is 2.45. The van der Waals surface area contributed by atoms with Crippen LogP contribution in [0.15, 0.2) is 53.4 Å². The minimum Gasteiger partial charge on any atom is -0.444 e. The highest BCUT2D eigenvalue weighted by atomic mass is 32.2. The van der Waals surface area contributed by atoms with Crippen molar-refractivity contribution in [3.05, 3.63) is 65.5 Å². The minimum absolute atomic E-state index is 0.0500. The zero-order valence-electron chi connectivity index (χ0n) is 22.6. The molecule has 3 N–H and O–H groups in total. The van der Waals surface area contributed by atoms with Crippen LogP contribution in [0.25, 0.3) is 0 Å². The Hall–Kier alpha value is -3.19. The first-order chi connectivity index (χ1) is 18.4. The summed E-state index contributed by atoms with van der Waals surface area (Å²) in [4.78, 5) is 25.9. The lowest BCUT2D eigenvalue weighted by atomic mass is 9.78. The van der Waals surface area contributed by atoms with Crippen LogP contribution in [0.2, 0.25) is 0 Å². The Morgan fingerprint density at radius 2 is 1.52 bits per heavy atom. The van der Waals surface area contributed by atoms with Crippen LogP contribution < -0.4 is 15.4 Å². The van der Waals surface area contributed by atoms with Gasteiger partial charge in [-0.05, 0) is 95.3 Å². The van der Waals surface area contributed by atoms with Crippen LogP contribution >= 0.6 is 0 Å². The van der Waals surface area contributed by atoms with Crippen LogP contribution in [0.4, 0.5) is 22.4 Å². The van der Waals surface area contributed by atoms with Crippen molar-refractivity contribution in [2.45, 2.75) is 87.7 Å². The van der Waals surface area contributed by atoms with Crippen molar-refractivity contribution < 1.29 is 40.3 Å². The van der Waals surface area contributed by atoms with Gasteiger partial charge in [0, 0.05) is 6.04 Å². The molecule has 1 fully saturated rings. The van der Waals surface area contributed by atoms with Crippen molar-refractivity contribution in [3.63, 3.8) is 0 Å². The van der Waals surface area contributed by atoms with Gasteiger partial charge in [-0.3, -0.25) is 4.79 Å². The maximum Gasteiger partial charge on any atom is 0.416 e. The quantitative estimate of drug-likeness (QED) is 0.385. The van der Waals surface area contributed by atoms with Gasteiger partial charge in [0.1, 0.15) is 17.0 Å². The number of benzene rings is 2. The average Bonchev–Trinajstić information content (AvgIpc) is 2.84. The Kier molecular flexibility index (Phi) is 9.19. The number of carbonyl (C=O) groups is 2. The van der Waals surface area contributed by atoms with Crippen molar-refractivity contribution in [1.29, 1.82) is 0 Å². The number of hydrogen-bond acceptors (Lipinski definition) is 5. The van der Waals surface area contributed by atoms with Crippen molar-refractivity contribution in [3.8, 4) is 0 Å². The van der Waals surface area contributed by atoms with Crippen molar-refractivity contribution >= 4 is 22.0 Å². The Labute approximate surface area is 230 Å². The lowest BCUT2D eigenvalue weighted by molar-refractivity contribution is -0.137. The second kappa shape index (κ2) is 11.7. The van der Waals surface area contributed by atoms with Gasteiger partial charge in [0.15, 0.2) is 0 Å². The first-order valence-electron chi connectivity index (χ1n) is 12.7. The number of rotatable bonds is 7. The molecule has 220 valence electrons. The van der Waals surface area contributed by atoms with Gasteiger partial charge >= 0.3 is 12.3 Å². The molecule has 0 unspecified atom stereocenters. The van der Waals surface area contributed by atoms with Gasteiger partial charge in [-0.25, -0.2) is 22.3 Å². The second-order valence-electron chi connectivity index (χ2n) is 10.9. The highest BCUT2D eigenvalue weighted by Crippen LogP contribution is 2.32. The Balaban J connectivity index is 1.74. The molecule has 2 amide bonds. The molecule has 0 radical (unpaired) electrons. The normalized spacial score (nSPS) is 20.9. The molecule has 40 heavy (non-hydrogen) atoms. The van der Waals surface area contributed by atoms with E-state index < -0.39 is 62.8 Å². The largest absolute Gasteiger partial charge is 0.444 e. The molecule has 0 spiro atoms. The molecule has 13 heteroatoms. The topological polar surface area (TPSA) is 114 Å². The first kappa shape index (κ1) is 31.3. The van der Waals surface area contributed by atoms with Crippen molar-refractivity contribution in [2.75, 3.05) is 0 Å². The molecule has 1 saturated carbocycles. The van der Waals surface area contributed by atoms with Gasteiger partial charge in [-0.15, -0.1) is 0 Å². The van der Waals surface area contributed by atoms with E-state index in [-0.39, 0.29) is 30.6 Å². The van der Waals surface area contributed by atoms with Crippen LogP contribution in [-0.2, 0) is 25.7 Å². The summed E-state index contributed by atoms with van der Waals surface area (Å²) in [6.45, 7) is 6.71. The van der Waals surface area contributed by atoms with Crippen LogP contribution in [0.3, 0.4) is 0 Å². The van der Waals surface area contributed by atoms with E-state index >= 15 is 0 Å². The van der Waals surface area contributed by atoms with Gasteiger partial charge in [0.05, 0.1) is 16.5 Å². The smallest absolute Gasteiger partial charge is 0.416 e. The average molecular weight is 588 g/mol. The molecule has 0 bridgehead atoms. The molecule has 0 heterocycles. The predicted molar refractivity (Wildman–Crippen MR) is 139 cm³/mol. The third-order valence-electron chi connectivity index (χ3n) is 6.55. The number of amides is 2. The number of halogens is 4. The zero-order chi connectivity index (χ0) is 29.9. The molecule has 0 aliphatic heterocycles. The molecule has 0 aromatic heterocycles. The molecule has 1 atom stereocenters. The number of alkyl carbamates (subject to hydrolysis) is 1. The van der Waals surface area contributed by atoms with Gasteiger partial charge < -0.3 is 15.4 Å². The Morgan fingerprint density at radius 1 is 0.975 bits per heavy atom. The monoisotopic (exact) mass is 587 g/mol. The van der Waals surface area contributed by atoms with E-state index in [1.165, 1.54) is 24.3 Å². The molecular formula is C27H33F4N3O5S. The van der Waals surface area contributed by atoms with Crippen LogP contribution in [0.5, 0.6) is 0 Å². The summed E-state index contributed by atoms with van der Waals surface area (Å²) in [6, 6.07) is 7.57. The van der Waals surface area contributed by atoms with E-state index in [2.05, 4.69) is 15.4 Å². The predicted octanol–water partition coefficient (Wildman–Crippen LogP) is 5.21. The molecule has 1 aliphatic carbocycles. The highest BCUT2D eigenvalue weighted by molar-refractivity contribution is 7.89. The summed E-state index contributed by atoms with van der Waals surface area (Å²) >= 11 is 0. The Bertz CT molecular complexity index is 1300. The van der Waals surface area contributed by atoms with Crippen LogP contribution in [0.1, 0.15) is 70.5 Å². The summed E-state index contributed by atoms with van der Waals surface area (Å²) in [6.07, 6.45) is -5.02. The number of carbonyl (C=O) groups excluding carboxylic acids is 2. The SMILES string of the molecule is C[C@@H](NC(=O)C1(NC(=O)OC(C)(C)C)CCC(NS(=O)(=O)c2ccc(C(F)(F)F)cc2)CC1)c1ccc(F)cc1. The number of nitrogens with one attached hydrogen (secondary N) is 3. The third kappa shape index (κ3) is 8.17. The Morgan fingerprint density at radius 3 is 2.02 bits per heavy atom. The van der Waals surface area contributed by atoms with Crippen LogP contribution in [-0.4, -0.2) is 37.6 Å². The fourth-order valence-electron chi connectivity index (χ4n) is 4.42. The standard InChI is InChI=1S/C27H33F4N3O5S/c1-17(18-5-9-20(28)10-6-18)32-23(35)26(33-24(36)39-25(2,3)4)15-13-21(14-16-26)34-40(37,38)22-11-7-19(8-12-22)27(29,30)31/h5-12,17,21,34H,13-16H2,1-4H3,(H,32,35)(H,33,36)/t17-,21?,26?/m1/s1. The van der Waals surface area contributed by atoms with Crippen LogP contribution in [0, 0.1) is 5.82 Å². The molecule has 8 nitrogen and oxygen atoms in total. The molecular weight excluding hydrogens is 554 g/mol. The molecule has 3 rings (SSSR count). The maximum absolute atomic E-state index is 13.5. The summed E-state index contributed by atoms with van der Waals surface area (Å²) in [5.74, 6) is -0.943. The lowest BCUT2D eigenvalue weighted by Crippen LogP contribution is -2.62. The lowest BCUT2D eigenvalue weighted by Gasteiger charge is -2.40.